The van der Waals surface area contributed by atoms with E-state index >= 15 is 0 Å². The molecule has 0 aliphatic heterocycles. The Kier molecular flexibility index (Phi) is 4.11. The topological polar surface area (TPSA) is 90.9 Å². The minimum atomic E-state index is -1.40. The average Bonchev–Trinajstić information content (AvgIpc) is 2.51. The molecule has 1 aliphatic rings. The van der Waals surface area contributed by atoms with Crippen LogP contribution in [0, 0.1) is 0 Å². The zero-order chi connectivity index (χ0) is 15.7. The van der Waals surface area contributed by atoms with Crippen molar-refractivity contribution in [2.75, 3.05) is 0 Å². The third kappa shape index (κ3) is 2.83. The van der Waals surface area contributed by atoms with Gasteiger partial charge in [-0.1, -0.05) is 30.3 Å². The van der Waals surface area contributed by atoms with E-state index in [1.165, 1.54) is 6.07 Å². The number of rotatable bonds is 3. The molecule has 0 spiro atoms. The third-order valence-electron chi connectivity index (χ3n) is 4.02. The Morgan fingerprint density at radius 2 is 1.82 bits per heavy atom. The van der Waals surface area contributed by atoms with Crippen LogP contribution in [0.2, 0.25) is 0 Å². The molecule has 0 saturated carbocycles. The van der Waals surface area contributed by atoms with Gasteiger partial charge >= 0.3 is 0 Å². The van der Waals surface area contributed by atoms with Gasteiger partial charge in [-0.3, -0.25) is 4.79 Å². The second kappa shape index (κ2) is 6.04. The molecule has 0 bridgehead atoms. The highest BCUT2D eigenvalue weighted by Gasteiger charge is 2.36. The zero-order valence-corrected chi connectivity index (χ0v) is 12.0. The van der Waals surface area contributed by atoms with Crippen molar-refractivity contribution in [3.05, 3.63) is 69.3 Å². The highest BCUT2D eigenvalue weighted by molar-refractivity contribution is 5.28. The van der Waals surface area contributed by atoms with Gasteiger partial charge in [0.15, 0.2) is 5.43 Å². The first-order valence-corrected chi connectivity index (χ1v) is 7.30. The van der Waals surface area contributed by atoms with Gasteiger partial charge in [0.2, 0.25) is 0 Å². The predicted octanol–water partition coefficient (Wildman–Crippen LogP) is 0.736. The molecule has 116 valence electrons. The van der Waals surface area contributed by atoms with Gasteiger partial charge in [0.25, 0.3) is 0 Å². The lowest BCUT2D eigenvalue weighted by atomic mass is 9.89. The summed E-state index contributed by atoms with van der Waals surface area (Å²) in [5.41, 5.74) is 0.836. The monoisotopic (exact) mass is 302 g/mol. The van der Waals surface area contributed by atoms with Gasteiger partial charge in [-0.15, -0.1) is 0 Å². The standard InChI is InChI=1S/C17H18O5/c18-12-8-11(7-6-10-4-2-1-3-5-10)22-14-9-13(19)16(20)17(21)15(12)14/h1-5,8,13,16-17,19-21H,6-7,9H2/t13-,16+,17-/m1/s1. The van der Waals surface area contributed by atoms with Crippen LogP contribution in [0.25, 0.3) is 0 Å². The molecule has 0 fully saturated rings. The molecule has 1 aromatic carbocycles. The van der Waals surface area contributed by atoms with Gasteiger partial charge in [-0.25, -0.2) is 0 Å². The summed E-state index contributed by atoms with van der Waals surface area (Å²) < 4.78 is 5.66. The van der Waals surface area contributed by atoms with Crippen molar-refractivity contribution in [3.8, 4) is 0 Å². The molecule has 1 aromatic heterocycles. The molecular weight excluding hydrogens is 284 g/mol. The Bertz CT molecular complexity index is 707. The third-order valence-corrected chi connectivity index (χ3v) is 4.02. The second-order valence-electron chi connectivity index (χ2n) is 5.61. The van der Waals surface area contributed by atoms with Gasteiger partial charge in [0.1, 0.15) is 23.7 Å². The number of aliphatic hydroxyl groups is 3. The number of aryl methyl sites for hydroxylation is 2. The maximum Gasteiger partial charge on any atom is 0.191 e. The number of hydrogen-bond acceptors (Lipinski definition) is 5. The molecular formula is C17H18O5. The van der Waals surface area contributed by atoms with E-state index in [0.717, 1.165) is 12.0 Å². The molecule has 0 unspecified atom stereocenters. The van der Waals surface area contributed by atoms with Crippen molar-refractivity contribution in [2.45, 2.75) is 37.6 Å². The lowest BCUT2D eigenvalue weighted by molar-refractivity contribution is -0.0732. The summed E-state index contributed by atoms with van der Waals surface area (Å²) >= 11 is 0. The van der Waals surface area contributed by atoms with E-state index in [9.17, 15) is 20.1 Å². The lowest BCUT2D eigenvalue weighted by Gasteiger charge is -2.29. The van der Waals surface area contributed by atoms with E-state index in [4.69, 9.17) is 4.42 Å². The lowest BCUT2D eigenvalue weighted by Crippen LogP contribution is -2.41. The number of benzene rings is 1. The van der Waals surface area contributed by atoms with Gasteiger partial charge < -0.3 is 19.7 Å². The van der Waals surface area contributed by atoms with Gasteiger partial charge in [-0.2, -0.15) is 0 Å². The molecule has 3 atom stereocenters. The Balaban J connectivity index is 1.85. The molecule has 0 saturated heterocycles. The summed E-state index contributed by atoms with van der Waals surface area (Å²) in [6, 6.07) is 11.2. The average molecular weight is 302 g/mol. The van der Waals surface area contributed by atoms with E-state index in [0.29, 0.717) is 12.2 Å². The zero-order valence-electron chi connectivity index (χ0n) is 12.0. The van der Waals surface area contributed by atoms with Crippen LogP contribution in [0.4, 0.5) is 0 Å². The summed E-state index contributed by atoms with van der Waals surface area (Å²) in [4.78, 5) is 12.1. The fourth-order valence-electron chi connectivity index (χ4n) is 2.79. The molecule has 22 heavy (non-hydrogen) atoms. The van der Waals surface area contributed by atoms with E-state index in [1.807, 2.05) is 30.3 Å². The smallest absolute Gasteiger partial charge is 0.191 e. The van der Waals surface area contributed by atoms with E-state index in [-0.39, 0.29) is 23.2 Å². The molecule has 5 heteroatoms. The molecule has 1 heterocycles. The van der Waals surface area contributed by atoms with Crippen LogP contribution in [0.3, 0.4) is 0 Å². The van der Waals surface area contributed by atoms with Crippen molar-refractivity contribution in [2.24, 2.45) is 0 Å². The molecule has 3 rings (SSSR count). The summed E-state index contributed by atoms with van der Waals surface area (Å²) in [5.74, 6) is 0.782. The summed E-state index contributed by atoms with van der Waals surface area (Å²) in [6.45, 7) is 0. The van der Waals surface area contributed by atoms with Crippen LogP contribution in [0.5, 0.6) is 0 Å². The molecule has 5 nitrogen and oxygen atoms in total. The largest absolute Gasteiger partial charge is 0.465 e. The van der Waals surface area contributed by atoms with Crippen LogP contribution in [0.15, 0.2) is 45.6 Å². The number of aliphatic hydroxyl groups excluding tert-OH is 3. The van der Waals surface area contributed by atoms with Crippen molar-refractivity contribution >= 4 is 0 Å². The van der Waals surface area contributed by atoms with E-state index < -0.39 is 18.3 Å². The van der Waals surface area contributed by atoms with Crippen molar-refractivity contribution in [1.29, 1.82) is 0 Å². The minimum absolute atomic E-state index is 0.0297. The van der Waals surface area contributed by atoms with Crippen molar-refractivity contribution in [1.82, 2.24) is 0 Å². The fraction of sp³-hybridized carbons (Fsp3) is 0.353. The summed E-state index contributed by atoms with van der Waals surface area (Å²) in [6.07, 6.45) is -2.57. The Labute approximate surface area is 127 Å². The highest BCUT2D eigenvalue weighted by Crippen LogP contribution is 2.28. The maximum absolute atomic E-state index is 12.1. The van der Waals surface area contributed by atoms with Crippen LogP contribution in [0.1, 0.15) is 28.8 Å². The molecule has 0 amide bonds. The van der Waals surface area contributed by atoms with E-state index in [1.54, 1.807) is 0 Å². The number of fused-ring (bicyclic) bond motifs is 1. The Morgan fingerprint density at radius 3 is 2.55 bits per heavy atom. The molecule has 1 aliphatic carbocycles. The van der Waals surface area contributed by atoms with Gasteiger partial charge in [0.05, 0.1) is 11.7 Å². The Hall–Kier alpha value is -1.95. The first kappa shape index (κ1) is 15.0. The predicted molar refractivity (Wildman–Crippen MR) is 79.5 cm³/mol. The first-order chi connectivity index (χ1) is 10.6. The fourth-order valence-corrected chi connectivity index (χ4v) is 2.79. The van der Waals surface area contributed by atoms with E-state index in [2.05, 4.69) is 0 Å². The van der Waals surface area contributed by atoms with Crippen LogP contribution >= 0.6 is 0 Å². The SMILES string of the molecule is O=c1cc(CCc2ccccc2)oc2c1[C@@H](O)[C@@H](O)[C@H](O)C2. The van der Waals surface area contributed by atoms with Crippen molar-refractivity contribution in [3.63, 3.8) is 0 Å². The van der Waals surface area contributed by atoms with Gasteiger partial charge in [-0.05, 0) is 12.0 Å². The Morgan fingerprint density at radius 1 is 1.09 bits per heavy atom. The normalized spacial score (nSPS) is 24.0. The summed E-state index contributed by atoms with van der Waals surface area (Å²) in [5, 5.41) is 29.3. The highest BCUT2D eigenvalue weighted by atomic mass is 16.4. The van der Waals surface area contributed by atoms with Gasteiger partial charge in [0, 0.05) is 18.9 Å². The number of hydrogen-bond donors (Lipinski definition) is 3. The first-order valence-electron chi connectivity index (χ1n) is 7.30. The molecule has 0 radical (unpaired) electrons. The van der Waals surface area contributed by atoms with Crippen molar-refractivity contribution < 1.29 is 19.7 Å². The second-order valence-corrected chi connectivity index (χ2v) is 5.61. The summed E-state index contributed by atoms with van der Waals surface area (Å²) in [7, 11) is 0. The van der Waals surface area contributed by atoms with Crippen LogP contribution < -0.4 is 5.43 Å². The molecule has 3 N–H and O–H groups in total. The minimum Gasteiger partial charge on any atom is -0.465 e. The molecule has 2 aromatic rings. The maximum atomic E-state index is 12.1. The quantitative estimate of drug-likeness (QED) is 0.778. The van der Waals surface area contributed by atoms with Crippen LogP contribution in [-0.4, -0.2) is 27.5 Å². The van der Waals surface area contributed by atoms with Crippen LogP contribution in [-0.2, 0) is 19.3 Å².